The van der Waals surface area contributed by atoms with Gasteiger partial charge in [0, 0.05) is 25.5 Å². The zero-order valence-corrected chi connectivity index (χ0v) is 18.0. The number of halogens is 4. The SMILES string of the molecule is CN=C(NCc1nccn1CC(F)(F)F)NC1CCC2CCCCC2C1.I. The molecule has 2 aliphatic carbocycles. The maximum Gasteiger partial charge on any atom is 0.406 e. The lowest BCUT2D eigenvalue weighted by atomic mass is 9.69. The van der Waals surface area contributed by atoms with Gasteiger partial charge in [-0.25, -0.2) is 4.98 Å². The average molecular weight is 499 g/mol. The predicted octanol–water partition coefficient (Wildman–Crippen LogP) is 4.09. The van der Waals surface area contributed by atoms with Crippen LogP contribution in [0.4, 0.5) is 13.2 Å². The lowest BCUT2D eigenvalue weighted by Crippen LogP contribution is -2.46. The number of imidazole rings is 1. The van der Waals surface area contributed by atoms with Gasteiger partial charge in [0.15, 0.2) is 5.96 Å². The molecule has 0 spiro atoms. The summed E-state index contributed by atoms with van der Waals surface area (Å²) in [5.74, 6) is 2.66. The second-order valence-electron chi connectivity index (χ2n) is 7.47. The van der Waals surface area contributed by atoms with Gasteiger partial charge in [0.05, 0.1) is 6.54 Å². The molecule has 0 aliphatic heterocycles. The molecule has 1 heterocycles. The van der Waals surface area contributed by atoms with E-state index in [2.05, 4.69) is 20.6 Å². The fourth-order valence-electron chi connectivity index (χ4n) is 4.40. The van der Waals surface area contributed by atoms with Crippen molar-refractivity contribution in [2.45, 2.75) is 70.3 Å². The quantitative estimate of drug-likeness (QED) is 0.373. The van der Waals surface area contributed by atoms with Crippen molar-refractivity contribution in [3.63, 3.8) is 0 Å². The van der Waals surface area contributed by atoms with E-state index in [0.717, 1.165) is 29.2 Å². The summed E-state index contributed by atoms with van der Waals surface area (Å²) in [6, 6.07) is 0.385. The summed E-state index contributed by atoms with van der Waals surface area (Å²) in [6.07, 6.45) is 7.43. The Morgan fingerprint density at radius 2 is 1.96 bits per heavy atom. The zero-order valence-electron chi connectivity index (χ0n) is 15.6. The molecule has 3 rings (SSSR count). The Kier molecular flexibility index (Phi) is 8.23. The molecule has 3 atom stereocenters. The van der Waals surface area contributed by atoms with Gasteiger partial charge in [-0.15, -0.1) is 24.0 Å². The van der Waals surface area contributed by atoms with Gasteiger partial charge in [-0.05, 0) is 31.1 Å². The number of nitrogens with one attached hydrogen (secondary N) is 2. The number of aromatic nitrogens is 2. The van der Waals surface area contributed by atoms with Crippen LogP contribution < -0.4 is 10.6 Å². The number of alkyl halides is 3. The Labute approximate surface area is 175 Å². The molecule has 0 radical (unpaired) electrons. The molecule has 0 saturated heterocycles. The first kappa shape index (κ1) is 22.3. The van der Waals surface area contributed by atoms with E-state index in [9.17, 15) is 13.2 Å². The van der Waals surface area contributed by atoms with Crippen LogP contribution in [0, 0.1) is 11.8 Å². The molecule has 2 fully saturated rings. The van der Waals surface area contributed by atoms with Crippen LogP contribution in [0.25, 0.3) is 0 Å². The highest BCUT2D eigenvalue weighted by molar-refractivity contribution is 14.0. The van der Waals surface area contributed by atoms with Crippen LogP contribution in [0.2, 0.25) is 0 Å². The molecule has 1 aromatic rings. The minimum atomic E-state index is -4.26. The third-order valence-corrected chi connectivity index (χ3v) is 5.67. The second kappa shape index (κ2) is 9.97. The number of hydrogen-bond donors (Lipinski definition) is 2. The summed E-state index contributed by atoms with van der Waals surface area (Å²) >= 11 is 0. The number of fused-ring (bicyclic) bond motifs is 1. The molecule has 27 heavy (non-hydrogen) atoms. The molecule has 154 valence electrons. The van der Waals surface area contributed by atoms with Crippen LogP contribution in [0.1, 0.15) is 50.8 Å². The summed E-state index contributed by atoms with van der Waals surface area (Å²) in [5, 5.41) is 6.55. The first-order chi connectivity index (χ1) is 12.4. The van der Waals surface area contributed by atoms with Crippen molar-refractivity contribution in [3.05, 3.63) is 18.2 Å². The van der Waals surface area contributed by atoms with Crippen LogP contribution in [-0.2, 0) is 13.1 Å². The summed E-state index contributed by atoms with van der Waals surface area (Å²) in [6.45, 7) is -0.816. The minimum Gasteiger partial charge on any atom is -0.354 e. The van der Waals surface area contributed by atoms with Crippen LogP contribution >= 0.6 is 24.0 Å². The highest BCUT2D eigenvalue weighted by Gasteiger charge is 2.32. The number of guanidine groups is 1. The molecule has 0 aromatic carbocycles. The van der Waals surface area contributed by atoms with E-state index in [1.165, 1.54) is 44.5 Å². The van der Waals surface area contributed by atoms with Crippen LogP contribution in [-0.4, -0.2) is 34.8 Å². The summed E-state index contributed by atoms with van der Waals surface area (Å²) < 4.78 is 38.9. The molecular formula is C18H29F3IN5. The van der Waals surface area contributed by atoms with E-state index >= 15 is 0 Å². The molecule has 2 aliphatic rings. The number of hydrogen-bond acceptors (Lipinski definition) is 2. The van der Waals surface area contributed by atoms with Crippen LogP contribution in [0.3, 0.4) is 0 Å². The Balaban J connectivity index is 0.00000261. The highest BCUT2D eigenvalue weighted by Crippen LogP contribution is 2.40. The summed E-state index contributed by atoms with van der Waals surface area (Å²) in [7, 11) is 1.68. The van der Waals surface area contributed by atoms with Gasteiger partial charge in [-0.3, -0.25) is 4.99 Å². The van der Waals surface area contributed by atoms with Crippen molar-refractivity contribution >= 4 is 29.9 Å². The van der Waals surface area contributed by atoms with E-state index in [0.29, 0.717) is 17.8 Å². The largest absolute Gasteiger partial charge is 0.406 e. The lowest BCUT2D eigenvalue weighted by molar-refractivity contribution is -0.141. The molecule has 1 aromatic heterocycles. The first-order valence-electron chi connectivity index (χ1n) is 9.48. The van der Waals surface area contributed by atoms with Crippen molar-refractivity contribution in [3.8, 4) is 0 Å². The average Bonchev–Trinajstić information content (AvgIpc) is 3.03. The molecular weight excluding hydrogens is 470 g/mol. The third kappa shape index (κ3) is 6.53. The van der Waals surface area contributed by atoms with E-state index in [1.807, 2.05) is 0 Å². The number of rotatable bonds is 4. The summed E-state index contributed by atoms with van der Waals surface area (Å²) in [5.41, 5.74) is 0. The molecule has 2 saturated carbocycles. The van der Waals surface area contributed by atoms with Crippen LogP contribution in [0.15, 0.2) is 17.4 Å². The van der Waals surface area contributed by atoms with Gasteiger partial charge in [-0.2, -0.15) is 13.2 Å². The first-order valence-corrected chi connectivity index (χ1v) is 9.48. The van der Waals surface area contributed by atoms with Crippen molar-refractivity contribution in [2.75, 3.05) is 7.05 Å². The molecule has 9 heteroatoms. The van der Waals surface area contributed by atoms with Crippen molar-refractivity contribution < 1.29 is 13.2 Å². The standard InChI is InChI=1S/C18H28F3N5.HI/c1-22-17(24-11-16-23-8-9-26(16)12-18(19,20)21)25-15-7-6-13-4-2-3-5-14(13)10-15;/h8-9,13-15H,2-7,10-12H2,1H3,(H2,22,24,25);1H. The number of aliphatic imine (C=N–C) groups is 1. The Morgan fingerprint density at radius 3 is 2.67 bits per heavy atom. The normalized spacial score (nSPS) is 26.1. The fraction of sp³-hybridized carbons (Fsp3) is 0.778. The van der Waals surface area contributed by atoms with E-state index in [1.54, 1.807) is 7.05 Å². The Bertz CT molecular complexity index is 616. The van der Waals surface area contributed by atoms with Crippen molar-refractivity contribution in [1.29, 1.82) is 0 Å². The van der Waals surface area contributed by atoms with Gasteiger partial charge in [-0.1, -0.05) is 25.7 Å². The van der Waals surface area contributed by atoms with Crippen molar-refractivity contribution in [1.82, 2.24) is 20.2 Å². The second-order valence-corrected chi connectivity index (χ2v) is 7.47. The van der Waals surface area contributed by atoms with E-state index in [-0.39, 0.29) is 30.5 Å². The number of nitrogens with zero attached hydrogens (tertiary/aromatic N) is 3. The van der Waals surface area contributed by atoms with Gasteiger partial charge in [0.25, 0.3) is 0 Å². The molecule has 5 nitrogen and oxygen atoms in total. The minimum absolute atomic E-state index is 0. The van der Waals surface area contributed by atoms with Crippen LogP contribution in [0.5, 0.6) is 0 Å². The topological polar surface area (TPSA) is 54.2 Å². The fourth-order valence-corrected chi connectivity index (χ4v) is 4.40. The Hall–Kier alpha value is -1.00. The third-order valence-electron chi connectivity index (χ3n) is 5.67. The van der Waals surface area contributed by atoms with Crippen molar-refractivity contribution in [2.24, 2.45) is 16.8 Å². The molecule has 2 N–H and O–H groups in total. The van der Waals surface area contributed by atoms with E-state index < -0.39 is 12.7 Å². The smallest absolute Gasteiger partial charge is 0.354 e. The predicted molar refractivity (Wildman–Crippen MR) is 110 cm³/mol. The van der Waals surface area contributed by atoms with Gasteiger partial charge in [0.1, 0.15) is 12.4 Å². The lowest BCUT2D eigenvalue weighted by Gasteiger charge is -2.39. The maximum absolute atomic E-state index is 12.6. The maximum atomic E-state index is 12.6. The highest BCUT2D eigenvalue weighted by atomic mass is 127. The Morgan fingerprint density at radius 1 is 1.22 bits per heavy atom. The molecule has 0 amide bonds. The zero-order chi connectivity index (χ0) is 18.6. The van der Waals surface area contributed by atoms with E-state index in [4.69, 9.17) is 0 Å². The van der Waals surface area contributed by atoms with Gasteiger partial charge in [0.2, 0.25) is 0 Å². The van der Waals surface area contributed by atoms with Gasteiger partial charge < -0.3 is 15.2 Å². The summed E-state index contributed by atoms with van der Waals surface area (Å²) in [4.78, 5) is 8.25. The van der Waals surface area contributed by atoms with Gasteiger partial charge >= 0.3 is 6.18 Å². The monoisotopic (exact) mass is 499 g/mol. The molecule has 3 unspecified atom stereocenters. The molecule has 0 bridgehead atoms.